The summed E-state index contributed by atoms with van der Waals surface area (Å²) in [6.07, 6.45) is 3.95. The Morgan fingerprint density at radius 3 is 2.82 bits per heavy atom. The molecule has 1 aromatic heterocycles. The molecule has 7 heteroatoms. The van der Waals surface area contributed by atoms with Crippen LogP contribution in [-0.4, -0.2) is 42.9 Å². The number of ether oxygens (including phenoxy) is 1. The molecule has 3 rings (SSSR count). The molecule has 0 spiro atoms. The van der Waals surface area contributed by atoms with E-state index in [0.29, 0.717) is 18.1 Å². The molecule has 1 saturated heterocycles. The number of thiazole rings is 1. The summed E-state index contributed by atoms with van der Waals surface area (Å²) < 4.78 is 5.34. The molecule has 1 aromatic rings. The number of amides is 1. The fraction of sp³-hybridized carbons (Fsp3) is 0.533. The molecule has 0 unspecified atom stereocenters. The number of hydrazone groups is 1. The average molecular weight is 320 g/mol. The van der Waals surface area contributed by atoms with Crippen molar-refractivity contribution in [3.63, 3.8) is 0 Å². The average Bonchev–Trinajstić information content (AvgIpc) is 3.12. The lowest BCUT2D eigenvalue weighted by atomic mass is 10.3. The molecule has 1 amide bonds. The van der Waals surface area contributed by atoms with Gasteiger partial charge in [-0.25, -0.2) is 10.4 Å². The first-order valence-corrected chi connectivity index (χ1v) is 8.29. The number of morpholine rings is 1. The van der Waals surface area contributed by atoms with E-state index in [0.717, 1.165) is 42.5 Å². The SMILES string of the molecule is CC1=C/C(=N\NC(=O)c2sc(N3CCOCC3)nc2C)CC1. The Morgan fingerprint density at radius 1 is 1.36 bits per heavy atom. The van der Waals surface area contributed by atoms with Crippen LogP contribution >= 0.6 is 11.3 Å². The van der Waals surface area contributed by atoms with Crippen molar-refractivity contribution in [3.05, 3.63) is 22.2 Å². The van der Waals surface area contributed by atoms with Crippen LogP contribution < -0.4 is 10.3 Å². The first-order chi connectivity index (χ1) is 10.6. The highest BCUT2D eigenvalue weighted by atomic mass is 32.1. The van der Waals surface area contributed by atoms with E-state index in [-0.39, 0.29) is 5.91 Å². The molecule has 22 heavy (non-hydrogen) atoms. The van der Waals surface area contributed by atoms with Gasteiger partial charge in [-0.15, -0.1) is 0 Å². The van der Waals surface area contributed by atoms with Gasteiger partial charge in [0, 0.05) is 13.1 Å². The maximum absolute atomic E-state index is 12.3. The summed E-state index contributed by atoms with van der Waals surface area (Å²) in [4.78, 5) is 19.6. The number of nitrogens with zero attached hydrogens (tertiary/aromatic N) is 3. The molecule has 2 heterocycles. The molecule has 0 bridgehead atoms. The van der Waals surface area contributed by atoms with Gasteiger partial charge in [-0.1, -0.05) is 16.9 Å². The largest absolute Gasteiger partial charge is 0.378 e. The second kappa shape index (κ2) is 6.58. The molecule has 1 fully saturated rings. The lowest BCUT2D eigenvalue weighted by Crippen LogP contribution is -2.36. The van der Waals surface area contributed by atoms with Crippen LogP contribution in [0.3, 0.4) is 0 Å². The Morgan fingerprint density at radius 2 is 2.14 bits per heavy atom. The molecular formula is C15H20N4O2S. The fourth-order valence-electron chi connectivity index (χ4n) is 2.50. The van der Waals surface area contributed by atoms with E-state index in [2.05, 4.69) is 27.3 Å². The van der Waals surface area contributed by atoms with E-state index in [1.165, 1.54) is 16.9 Å². The lowest BCUT2D eigenvalue weighted by molar-refractivity contribution is 0.0958. The Labute approximate surface area is 133 Å². The van der Waals surface area contributed by atoms with Crippen molar-refractivity contribution >= 4 is 28.1 Å². The number of aromatic nitrogens is 1. The number of carbonyl (C=O) groups excluding carboxylic acids is 1. The van der Waals surface area contributed by atoms with Crippen molar-refractivity contribution in [2.24, 2.45) is 5.10 Å². The molecule has 6 nitrogen and oxygen atoms in total. The van der Waals surface area contributed by atoms with Crippen LogP contribution in [0.2, 0.25) is 0 Å². The minimum atomic E-state index is -0.181. The molecule has 1 N–H and O–H groups in total. The first kappa shape index (κ1) is 15.2. The standard InChI is InChI=1S/C15H20N4O2S/c1-10-3-4-12(9-10)17-18-14(20)13-11(2)16-15(22-13)19-5-7-21-8-6-19/h9H,3-8H2,1-2H3,(H,18,20)/b17-12-. The van der Waals surface area contributed by atoms with Gasteiger partial charge in [0.05, 0.1) is 24.6 Å². The van der Waals surface area contributed by atoms with Gasteiger partial charge in [-0.05, 0) is 32.8 Å². The van der Waals surface area contributed by atoms with Gasteiger partial charge in [0.1, 0.15) is 4.88 Å². The zero-order valence-electron chi connectivity index (χ0n) is 12.9. The van der Waals surface area contributed by atoms with Gasteiger partial charge in [-0.2, -0.15) is 5.10 Å². The quantitative estimate of drug-likeness (QED) is 0.866. The normalized spacial score (nSPS) is 20.4. The second-order valence-corrected chi connectivity index (χ2v) is 6.52. The molecule has 0 aromatic carbocycles. The molecule has 1 aliphatic carbocycles. The van der Waals surface area contributed by atoms with Crippen LogP contribution in [0, 0.1) is 6.92 Å². The summed E-state index contributed by atoms with van der Waals surface area (Å²) in [5.41, 5.74) is 5.64. The van der Waals surface area contributed by atoms with Crippen LogP contribution in [0.5, 0.6) is 0 Å². The summed E-state index contributed by atoms with van der Waals surface area (Å²) in [6.45, 7) is 6.99. The molecular weight excluding hydrogens is 300 g/mol. The maximum atomic E-state index is 12.3. The van der Waals surface area contributed by atoms with Crippen LogP contribution in [-0.2, 0) is 4.74 Å². The van der Waals surface area contributed by atoms with E-state index in [9.17, 15) is 4.79 Å². The molecule has 0 atom stereocenters. The number of rotatable bonds is 3. The van der Waals surface area contributed by atoms with Crippen molar-refractivity contribution in [2.45, 2.75) is 26.7 Å². The third kappa shape index (κ3) is 3.36. The van der Waals surface area contributed by atoms with E-state index in [1.54, 1.807) is 0 Å². The van der Waals surface area contributed by atoms with E-state index < -0.39 is 0 Å². The van der Waals surface area contributed by atoms with Crippen LogP contribution in [0.4, 0.5) is 5.13 Å². The number of carbonyl (C=O) groups is 1. The molecule has 1 aliphatic heterocycles. The summed E-state index contributed by atoms with van der Waals surface area (Å²) >= 11 is 1.42. The molecule has 0 radical (unpaired) electrons. The van der Waals surface area contributed by atoms with Crippen LogP contribution in [0.1, 0.15) is 35.1 Å². The monoisotopic (exact) mass is 320 g/mol. The Hall–Kier alpha value is -1.73. The Balaban J connectivity index is 1.68. The zero-order valence-corrected chi connectivity index (χ0v) is 13.7. The number of hydrogen-bond donors (Lipinski definition) is 1. The Bertz CT molecular complexity index is 629. The molecule has 2 aliphatic rings. The first-order valence-electron chi connectivity index (χ1n) is 7.47. The summed E-state index contributed by atoms with van der Waals surface area (Å²) in [5.74, 6) is -0.181. The maximum Gasteiger partial charge on any atom is 0.283 e. The number of nitrogens with one attached hydrogen (secondary N) is 1. The summed E-state index contributed by atoms with van der Waals surface area (Å²) in [7, 11) is 0. The predicted molar refractivity (Wildman–Crippen MR) is 87.8 cm³/mol. The number of aryl methyl sites for hydroxylation is 1. The Kier molecular flexibility index (Phi) is 4.54. The predicted octanol–water partition coefficient (Wildman–Crippen LogP) is 2.11. The zero-order chi connectivity index (χ0) is 15.5. The number of allylic oxidation sites excluding steroid dienone is 2. The highest BCUT2D eigenvalue weighted by Gasteiger charge is 2.20. The van der Waals surface area contributed by atoms with Crippen molar-refractivity contribution < 1.29 is 9.53 Å². The van der Waals surface area contributed by atoms with Crippen LogP contribution in [0.15, 0.2) is 16.8 Å². The van der Waals surface area contributed by atoms with Crippen molar-refractivity contribution in [1.29, 1.82) is 0 Å². The summed E-state index contributed by atoms with van der Waals surface area (Å²) in [5, 5.41) is 5.08. The van der Waals surface area contributed by atoms with Gasteiger partial charge in [0.15, 0.2) is 5.13 Å². The smallest absolute Gasteiger partial charge is 0.283 e. The third-order valence-corrected chi connectivity index (χ3v) is 4.98. The fourth-order valence-corrected chi connectivity index (χ4v) is 3.51. The summed E-state index contributed by atoms with van der Waals surface area (Å²) in [6, 6.07) is 0. The van der Waals surface area contributed by atoms with Crippen LogP contribution in [0.25, 0.3) is 0 Å². The van der Waals surface area contributed by atoms with Crippen molar-refractivity contribution in [1.82, 2.24) is 10.4 Å². The van der Waals surface area contributed by atoms with Gasteiger partial charge in [0.2, 0.25) is 0 Å². The lowest BCUT2D eigenvalue weighted by Gasteiger charge is -2.25. The third-order valence-electron chi connectivity index (χ3n) is 3.76. The van der Waals surface area contributed by atoms with Gasteiger partial charge >= 0.3 is 0 Å². The number of hydrogen-bond acceptors (Lipinski definition) is 6. The van der Waals surface area contributed by atoms with E-state index in [4.69, 9.17) is 4.74 Å². The molecule has 0 saturated carbocycles. The van der Waals surface area contributed by atoms with E-state index >= 15 is 0 Å². The van der Waals surface area contributed by atoms with Gasteiger partial charge < -0.3 is 9.64 Å². The highest BCUT2D eigenvalue weighted by molar-refractivity contribution is 7.17. The topological polar surface area (TPSA) is 66.8 Å². The number of anilines is 1. The van der Waals surface area contributed by atoms with E-state index in [1.807, 2.05) is 13.0 Å². The van der Waals surface area contributed by atoms with Crippen molar-refractivity contribution in [2.75, 3.05) is 31.2 Å². The minimum absolute atomic E-state index is 0.181. The minimum Gasteiger partial charge on any atom is -0.378 e. The van der Waals surface area contributed by atoms with Crippen molar-refractivity contribution in [3.8, 4) is 0 Å². The molecule has 118 valence electrons. The van der Waals surface area contributed by atoms with Gasteiger partial charge in [0.25, 0.3) is 5.91 Å². The highest BCUT2D eigenvalue weighted by Crippen LogP contribution is 2.26. The van der Waals surface area contributed by atoms with Gasteiger partial charge in [-0.3, -0.25) is 4.79 Å². The second-order valence-electron chi connectivity index (χ2n) is 5.55.